The number of unbranched alkanes of at least 4 members (excludes halogenated alkanes) is 3. The minimum absolute atomic E-state index is 0.123. The first-order valence-electron chi connectivity index (χ1n) is 10.6. The number of fused-ring (bicyclic) bond motifs is 1. The molecule has 1 unspecified atom stereocenters. The van der Waals surface area contributed by atoms with Gasteiger partial charge in [0.2, 0.25) is 6.41 Å². The predicted molar refractivity (Wildman–Crippen MR) is 128 cm³/mol. The summed E-state index contributed by atoms with van der Waals surface area (Å²) in [6.07, 6.45) is 5.76. The van der Waals surface area contributed by atoms with Crippen molar-refractivity contribution in [1.82, 2.24) is 15.2 Å². The lowest BCUT2D eigenvalue weighted by Crippen LogP contribution is -2.71. The molecule has 13 heteroatoms. The first-order chi connectivity index (χ1) is 16.4. The Kier molecular flexibility index (Phi) is 8.82. The Bertz CT molecular complexity index is 1040. The van der Waals surface area contributed by atoms with Crippen LogP contribution in [0.15, 0.2) is 34.5 Å². The number of aromatic nitrogens is 1. The van der Waals surface area contributed by atoms with Gasteiger partial charge in [-0.25, -0.2) is 9.78 Å². The van der Waals surface area contributed by atoms with E-state index in [0.29, 0.717) is 24.3 Å². The molecule has 0 aromatic carbocycles. The summed E-state index contributed by atoms with van der Waals surface area (Å²) >= 11 is 2.44. The zero-order valence-corrected chi connectivity index (χ0v) is 20.1. The Labute approximate surface area is 204 Å². The number of allylic oxidation sites excluding steroid dienone is 1. The number of hydrogen-bond donors (Lipinski definition) is 3. The van der Waals surface area contributed by atoms with Gasteiger partial charge < -0.3 is 20.6 Å². The molecule has 2 aliphatic rings. The number of β-lactam (4-membered cyclic amide) rings is 1. The largest absolute Gasteiger partial charge is 0.477 e. The lowest BCUT2D eigenvalue weighted by molar-refractivity contribution is -0.150. The van der Waals surface area contributed by atoms with Gasteiger partial charge in [0.1, 0.15) is 29.4 Å². The van der Waals surface area contributed by atoms with Gasteiger partial charge in [-0.15, -0.1) is 23.1 Å². The van der Waals surface area contributed by atoms with Gasteiger partial charge in [-0.2, -0.15) is 0 Å². The molecule has 0 aliphatic carbocycles. The molecule has 11 nitrogen and oxygen atoms in total. The fraction of sp³-hybridized carbons (Fsp3) is 0.429. The van der Waals surface area contributed by atoms with Crippen molar-refractivity contribution in [1.29, 1.82) is 0 Å². The second-order valence-corrected chi connectivity index (χ2v) is 9.34. The molecule has 1 fully saturated rings. The molecule has 0 radical (unpaired) electrons. The zero-order valence-electron chi connectivity index (χ0n) is 18.5. The van der Waals surface area contributed by atoms with E-state index >= 15 is 0 Å². The Morgan fingerprint density at radius 2 is 2.21 bits per heavy atom. The van der Waals surface area contributed by atoms with E-state index in [9.17, 15) is 24.3 Å². The number of nitrogens with zero attached hydrogens (tertiary/aromatic N) is 3. The summed E-state index contributed by atoms with van der Waals surface area (Å²) in [5.74, 6) is -2.11. The number of carbonyl (C=O) groups is 4. The molecule has 3 heterocycles. The van der Waals surface area contributed by atoms with Gasteiger partial charge in [-0.1, -0.05) is 37.6 Å². The van der Waals surface area contributed by atoms with Crippen LogP contribution >= 0.6 is 23.1 Å². The third kappa shape index (κ3) is 5.47. The van der Waals surface area contributed by atoms with Gasteiger partial charge in [0.05, 0.1) is 0 Å². The van der Waals surface area contributed by atoms with Gasteiger partial charge >= 0.3 is 5.97 Å². The average Bonchev–Trinajstić information content (AvgIpc) is 3.29. The van der Waals surface area contributed by atoms with Crippen LogP contribution in [-0.4, -0.2) is 68.7 Å². The number of nitrogens with one attached hydrogen (secondary N) is 2. The van der Waals surface area contributed by atoms with Crippen LogP contribution in [0.4, 0.5) is 5.13 Å². The van der Waals surface area contributed by atoms with Crippen LogP contribution in [0.2, 0.25) is 0 Å². The number of carbonyl (C=O) groups excluding carboxylic acids is 3. The number of aliphatic carboxylic acids is 1. The van der Waals surface area contributed by atoms with Gasteiger partial charge in [-0.05, 0) is 18.4 Å². The summed E-state index contributed by atoms with van der Waals surface area (Å²) < 4.78 is 0. The van der Waals surface area contributed by atoms with Gasteiger partial charge in [0.15, 0.2) is 10.8 Å². The van der Waals surface area contributed by atoms with E-state index in [0.717, 1.165) is 41.9 Å². The Morgan fingerprint density at radius 1 is 1.41 bits per heavy atom. The maximum absolute atomic E-state index is 13.1. The Balaban J connectivity index is 1.74. The maximum atomic E-state index is 13.1. The molecule has 2 aliphatic heterocycles. The van der Waals surface area contributed by atoms with Crippen LogP contribution in [0.5, 0.6) is 0 Å². The highest BCUT2D eigenvalue weighted by atomic mass is 32.2. The van der Waals surface area contributed by atoms with Gasteiger partial charge in [0.25, 0.3) is 11.8 Å². The van der Waals surface area contributed by atoms with Crippen molar-refractivity contribution in [2.45, 2.75) is 44.0 Å². The van der Waals surface area contributed by atoms with Gasteiger partial charge in [-0.3, -0.25) is 19.3 Å². The van der Waals surface area contributed by atoms with Crippen molar-refractivity contribution in [3.63, 3.8) is 0 Å². The number of oxime groups is 1. The highest BCUT2D eigenvalue weighted by Crippen LogP contribution is 2.40. The summed E-state index contributed by atoms with van der Waals surface area (Å²) in [5, 5.41) is 19.8. The van der Waals surface area contributed by atoms with E-state index in [1.54, 1.807) is 0 Å². The molecule has 0 spiro atoms. The summed E-state index contributed by atoms with van der Waals surface area (Å²) in [6, 6.07) is -0.931. The quantitative estimate of drug-likeness (QED) is 0.120. The van der Waals surface area contributed by atoms with Crippen LogP contribution in [0, 0.1) is 0 Å². The molecule has 3 N–H and O–H groups in total. The van der Waals surface area contributed by atoms with Crippen LogP contribution in [0.3, 0.4) is 0 Å². The van der Waals surface area contributed by atoms with Crippen molar-refractivity contribution in [3.05, 3.63) is 35.0 Å². The highest BCUT2D eigenvalue weighted by Gasteiger charge is 2.54. The first kappa shape index (κ1) is 25.4. The number of rotatable bonds is 13. The number of amides is 3. The normalized spacial score (nSPS) is 19.7. The van der Waals surface area contributed by atoms with Gasteiger partial charge in [0, 0.05) is 11.1 Å². The third-order valence-corrected chi connectivity index (χ3v) is 7.20. The monoisotopic (exact) mass is 507 g/mol. The summed E-state index contributed by atoms with van der Waals surface area (Å²) in [5.41, 5.74) is 0.366. The molecular weight excluding hydrogens is 482 g/mol. The van der Waals surface area contributed by atoms with E-state index in [-0.39, 0.29) is 22.2 Å². The van der Waals surface area contributed by atoms with Crippen LogP contribution in [0.1, 0.15) is 38.3 Å². The highest BCUT2D eigenvalue weighted by molar-refractivity contribution is 8.00. The Hall–Kier alpha value is -3.19. The zero-order chi connectivity index (χ0) is 24.7. The van der Waals surface area contributed by atoms with Crippen molar-refractivity contribution in [2.75, 3.05) is 17.7 Å². The smallest absolute Gasteiger partial charge is 0.352 e. The van der Waals surface area contributed by atoms with Crippen LogP contribution in [0.25, 0.3) is 0 Å². The minimum atomic E-state index is -1.23. The molecule has 1 saturated heterocycles. The molecule has 182 valence electrons. The molecule has 1 aromatic heterocycles. The van der Waals surface area contributed by atoms with E-state index < -0.39 is 29.2 Å². The molecule has 2 atom stereocenters. The molecular formula is C21H25N5O6S2. The third-order valence-electron chi connectivity index (χ3n) is 5.12. The number of thioether (sulfide) groups is 1. The predicted octanol–water partition coefficient (Wildman–Crippen LogP) is 1.94. The van der Waals surface area contributed by atoms with E-state index in [1.807, 2.05) is 0 Å². The molecule has 0 bridgehead atoms. The molecule has 3 rings (SSSR count). The summed E-state index contributed by atoms with van der Waals surface area (Å²) in [7, 11) is 0. The topological polar surface area (TPSA) is 150 Å². The maximum Gasteiger partial charge on any atom is 0.352 e. The van der Waals surface area contributed by atoms with Crippen LogP contribution in [-0.2, 0) is 24.0 Å². The standard InChI is InChI=1S/C21H25N5O6S2/c1-3-5-6-7-8-32-25-14(13-10-34-21(23-13)22-11-27)17(28)24-15-18(29)26-16(20(30)31)12(4-2)9-33-19(15)26/h4,10-11,15,19H,2-3,5-9H2,1H3,(H,24,28)(H,30,31)(H,22,23,27)/t15?,19-/m0/s1. The van der Waals surface area contributed by atoms with E-state index in [2.05, 4.69) is 34.3 Å². The van der Waals surface area contributed by atoms with Crippen LogP contribution < -0.4 is 10.6 Å². The number of carboxylic acid groups (broad SMARTS) is 1. The molecule has 34 heavy (non-hydrogen) atoms. The minimum Gasteiger partial charge on any atom is -0.477 e. The lowest BCUT2D eigenvalue weighted by atomic mass is 10.0. The number of carboxylic acids is 1. The molecule has 3 amide bonds. The lowest BCUT2D eigenvalue weighted by Gasteiger charge is -2.49. The fourth-order valence-corrected chi connectivity index (χ4v) is 5.41. The van der Waals surface area contributed by atoms with Crippen molar-refractivity contribution in [2.24, 2.45) is 5.16 Å². The number of anilines is 1. The summed E-state index contributed by atoms with van der Waals surface area (Å²) in [4.78, 5) is 58.8. The second-order valence-electron chi connectivity index (χ2n) is 7.38. The van der Waals surface area contributed by atoms with Crippen molar-refractivity contribution in [3.8, 4) is 0 Å². The number of thiazole rings is 1. The Morgan fingerprint density at radius 3 is 2.88 bits per heavy atom. The SMILES string of the molecule is C=CC1=C(C(=O)O)N2C(=O)C(NC(=O)C(=NOCCCCCC)c3csc(NC=O)n3)[C@@H]2SC1. The van der Waals surface area contributed by atoms with E-state index in [4.69, 9.17) is 4.84 Å². The summed E-state index contributed by atoms with van der Waals surface area (Å²) in [6.45, 7) is 6.02. The van der Waals surface area contributed by atoms with E-state index in [1.165, 1.54) is 23.2 Å². The number of hydrogen-bond acceptors (Lipinski definition) is 9. The molecule has 0 saturated carbocycles. The first-order valence-corrected chi connectivity index (χ1v) is 12.6. The van der Waals surface area contributed by atoms with Crippen molar-refractivity contribution < 1.29 is 29.1 Å². The van der Waals surface area contributed by atoms with Crippen molar-refractivity contribution >= 4 is 58.1 Å². The fourth-order valence-electron chi connectivity index (χ4n) is 3.42. The average molecular weight is 508 g/mol. The second kappa shape index (κ2) is 11.8. The molecule has 1 aromatic rings.